The highest BCUT2D eigenvalue weighted by molar-refractivity contribution is 5.89. The van der Waals surface area contributed by atoms with Crippen molar-refractivity contribution in [3.8, 4) is 5.75 Å². The molecule has 0 heterocycles. The molecule has 5 atom stereocenters. The van der Waals surface area contributed by atoms with Gasteiger partial charge in [0.1, 0.15) is 12.3 Å². The number of nitrogens with two attached hydrogens (primary N) is 3. The maximum absolute atomic E-state index is 12.6. The van der Waals surface area contributed by atoms with Crippen LogP contribution in [-0.2, 0) is 26.2 Å². The van der Waals surface area contributed by atoms with Crippen LogP contribution in [-0.4, -0.2) is 49.0 Å². The van der Waals surface area contributed by atoms with Crippen molar-refractivity contribution in [1.29, 1.82) is 0 Å². The molecule has 2 saturated carbocycles. The number of ether oxygens (including phenoxy) is 1. The number of hydrogen-bond acceptors (Lipinski definition) is 7. The van der Waals surface area contributed by atoms with Crippen molar-refractivity contribution < 1.29 is 19.1 Å². The summed E-state index contributed by atoms with van der Waals surface area (Å²) in [4.78, 5) is 36.9. The number of unbranched alkanes of at least 4 members (excludes halogenated alkanes) is 1. The van der Waals surface area contributed by atoms with Gasteiger partial charge in [0, 0.05) is 5.54 Å². The fraction of sp³-hybridized carbons (Fsp3) is 0.719. The van der Waals surface area contributed by atoms with Crippen molar-refractivity contribution in [3.05, 3.63) is 28.8 Å². The first-order valence-electron chi connectivity index (χ1n) is 15.3. The summed E-state index contributed by atoms with van der Waals surface area (Å²) in [6, 6.07) is 3.26. The van der Waals surface area contributed by atoms with Gasteiger partial charge in [-0.15, -0.1) is 0 Å². The third-order valence-electron chi connectivity index (χ3n) is 11.1. The van der Waals surface area contributed by atoms with Gasteiger partial charge in [0.05, 0.1) is 12.6 Å². The van der Waals surface area contributed by atoms with Crippen molar-refractivity contribution >= 4 is 17.8 Å². The molecule has 0 aromatic heterocycles. The largest absolute Gasteiger partial charge is 0.425 e. The molecule has 0 radical (unpaired) electrons. The average molecular weight is 570 g/mol. The molecule has 41 heavy (non-hydrogen) atoms. The van der Waals surface area contributed by atoms with E-state index in [2.05, 4.69) is 45.3 Å². The van der Waals surface area contributed by atoms with Crippen molar-refractivity contribution in [1.82, 2.24) is 10.6 Å². The number of esters is 1. The van der Waals surface area contributed by atoms with Crippen LogP contribution in [0.5, 0.6) is 5.75 Å². The Morgan fingerprint density at radius 2 is 1.76 bits per heavy atom. The number of nitrogens with one attached hydrogen (secondary N) is 2. The summed E-state index contributed by atoms with van der Waals surface area (Å²) in [5.74, 6) is -0.532. The van der Waals surface area contributed by atoms with E-state index >= 15 is 0 Å². The Morgan fingerprint density at radius 1 is 1.02 bits per heavy atom. The molecule has 0 spiro atoms. The summed E-state index contributed by atoms with van der Waals surface area (Å²) in [6.45, 7) is 11.6. The standard InChI is InChI=1S/C32H51N5O4/c1-20-15-22(41-26(39)19-36-25(38)18-37-28(40)23(34)9-6-7-14-33)16-21-17-24-30(4,27(20)21)12-13-32(35)29(2,3)10-8-11-31(24,32)5/h15-16,23-24H,6-14,17-19,33-35H2,1-5H3,(H,36,38)(H,37,40)/t23?,24-,30+,31+,32+/m0/s1. The van der Waals surface area contributed by atoms with Crippen LogP contribution in [0.1, 0.15) is 95.8 Å². The second-order valence-corrected chi connectivity index (χ2v) is 13.9. The quantitative estimate of drug-likeness (QED) is 0.164. The molecular formula is C32H51N5O4. The summed E-state index contributed by atoms with van der Waals surface area (Å²) in [5.41, 5.74) is 22.4. The van der Waals surface area contributed by atoms with E-state index in [1.807, 2.05) is 12.1 Å². The van der Waals surface area contributed by atoms with Crippen LogP contribution >= 0.6 is 0 Å². The van der Waals surface area contributed by atoms with Crippen molar-refractivity contribution in [2.75, 3.05) is 19.6 Å². The van der Waals surface area contributed by atoms with Gasteiger partial charge >= 0.3 is 5.97 Å². The first kappa shape index (κ1) is 31.4. The first-order chi connectivity index (χ1) is 19.2. The maximum Gasteiger partial charge on any atom is 0.330 e. The smallest absolute Gasteiger partial charge is 0.330 e. The number of rotatable bonds is 10. The van der Waals surface area contributed by atoms with Gasteiger partial charge in [-0.1, -0.05) is 40.5 Å². The van der Waals surface area contributed by atoms with Gasteiger partial charge in [-0.25, -0.2) is 4.79 Å². The molecule has 2 fully saturated rings. The molecule has 0 bridgehead atoms. The predicted octanol–water partition coefficient (Wildman–Crippen LogP) is 2.73. The van der Waals surface area contributed by atoms with E-state index in [0.717, 1.165) is 44.1 Å². The topological polar surface area (TPSA) is 163 Å². The summed E-state index contributed by atoms with van der Waals surface area (Å²) in [7, 11) is 0. The van der Waals surface area contributed by atoms with Crippen LogP contribution in [0.2, 0.25) is 0 Å². The van der Waals surface area contributed by atoms with Gasteiger partial charge in [-0.3, -0.25) is 9.59 Å². The van der Waals surface area contributed by atoms with E-state index in [4.69, 9.17) is 21.9 Å². The van der Waals surface area contributed by atoms with Gasteiger partial charge in [-0.05, 0) is 109 Å². The molecule has 3 aliphatic carbocycles. The van der Waals surface area contributed by atoms with Gasteiger partial charge < -0.3 is 32.6 Å². The Kier molecular flexibility index (Phi) is 8.94. The molecule has 1 unspecified atom stereocenters. The van der Waals surface area contributed by atoms with E-state index < -0.39 is 23.8 Å². The Hall–Kier alpha value is -2.49. The van der Waals surface area contributed by atoms with E-state index in [9.17, 15) is 14.4 Å². The van der Waals surface area contributed by atoms with E-state index in [0.29, 0.717) is 24.6 Å². The minimum atomic E-state index is -0.693. The molecular weight excluding hydrogens is 518 g/mol. The highest BCUT2D eigenvalue weighted by atomic mass is 16.5. The summed E-state index contributed by atoms with van der Waals surface area (Å²) < 4.78 is 5.66. The molecule has 0 saturated heterocycles. The van der Waals surface area contributed by atoms with Crippen molar-refractivity contribution in [2.45, 2.75) is 109 Å². The van der Waals surface area contributed by atoms with E-state index in [1.165, 1.54) is 24.0 Å². The summed E-state index contributed by atoms with van der Waals surface area (Å²) in [6.07, 6.45) is 8.54. The van der Waals surface area contributed by atoms with Crippen LogP contribution in [0.25, 0.3) is 0 Å². The lowest BCUT2D eigenvalue weighted by molar-refractivity contribution is -0.135. The molecule has 1 aromatic rings. The van der Waals surface area contributed by atoms with Gasteiger partial charge in [-0.2, -0.15) is 0 Å². The number of benzene rings is 1. The number of fused-ring (bicyclic) bond motifs is 5. The van der Waals surface area contributed by atoms with Gasteiger partial charge in [0.2, 0.25) is 11.8 Å². The maximum atomic E-state index is 12.6. The lowest BCUT2D eigenvalue weighted by atomic mass is 9.40. The second kappa shape index (κ2) is 11.7. The number of carbonyl (C=O) groups is 3. The molecule has 9 heteroatoms. The molecule has 4 rings (SSSR count). The molecule has 1 aromatic carbocycles. The number of hydrogen-bond donors (Lipinski definition) is 5. The zero-order chi connectivity index (χ0) is 30.2. The van der Waals surface area contributed by atoms with Crippen LogP contribution in [0, 0.1) is 23.7 Å². The van der Waals surface area contributed by atoms with Gasteiger partial charge in [0.25, 0.3) is 0 Å². The number of amides is 2. The molecule has 8 N–H and O–H groups in total. The van der Waals surface area contributed by atoms with Crippen molar-refractivity contribution in [2.24, 2.45) is 33.9 Å². The van der Waals surface area contributed by atoms with E-state index in [1.54, 1.807) is 0 Å². The normalized spacial score (nSPS) is 30.4. The zero-order valence-electron chi connectivity index (χ0n) is 25.7. The zero-order valence-corrected chi connectivity index (χ0v) is 25.7. The Morgan fingerprint density at radius 3 is 2.46 bits per heavy atom. The lowest BCUT2D eigenvalue weighted by Gasteiger charge is -2.67. The molecule has 2 amide bonds. The number of carbonyl (C=O) groups excluding carboxylic acids is 3. The third-order valence-corrected chi connectivity index (χ3v) is 11.1. The fourth-order valence-electron chi connectivity index (χ4n) is 8.73. The number of aryl methyl sites for hydroxylation is 1. The monoisotopic (exact) mass is 569 g/mol. The van der Waals surface area contributed by atoms with Crippen LogP contribution in [0.15, 0.2) is 12.1 Å². The predicted molar refractivity (Wildman–Crippen MR) is 160 cm³/mol. The lowest BCUT2D eigenvalue weighted by Crippen LogP contribution is -2.71. The van der Waals surface area contributed by atoms with Crippen LogP contribution in [0.3, 0.4) is 0 Å². The average Bonchev–Trinajstić information content (AvgIpc) is 3.21. The van der Waals surface area contributed by atoms with Gasteiger partial charge in [0.15, 0.2) is 0 Å². The Bertz CT molecular complexity index is 1180. The summed E-state index contributed by atoms with van der Waals surface area (Å²) in [5, 5.41) is 5.02. The van der Waals surface area contributed by atoms with Crippen LogP contribution < -0.4 is 32.6 Å². The minimum absolute atomic E-state index is 0.0259. The first-order valence-corrected chi connectivity index (χ1v) is 15.3. The highest BCUT2D eigenvalue weighted by Crippen LogP contribution is 2.68. The Balaban J connectivity index is 1.37. The highest BCUT2D eigenvalue weighted by Gasteiger charge is 2.67. The third kappa shape index (κ3) is 5.65. The molecule has 3 aliphatic rings. The van der Waals surface area contributed by atoms with E-state index in [-0.39, 0.29) is 34.9 Å². The molecule has 0 aliphatic heterocycles. The SMILES string of the molecule is Cc1cc(OC(=O)CNC(=O)CNC(=O)C(N)CCCCN)cc2c1[C@]1(C)CC[C@@]3(N)C(C)(C)CCC[C@]3(C)[C@H]1C2. The molecule has 9 nitrogen and oxygen atoms in total. The minimum Gasteiger partial charge on any atom is -0.425 e. The summed E-state index contributed by atoms with van der Waals surface area (Å²) >= 11 is 0. The Labute approximate surface area is 245 Å². The van der Waals surface area contributed by atoms with Crippen LogP contribution in [0.4, 0.5) is 0 Å². The molecule has 228 valence electrons. The van der Waals surface area contributed by atoms with Crippen molar-refractivity contribution in [3.63, 3.8) is 0 Å². The fourth-order valence-corrected chi connectivity index (χ4v) is 8.73. The second-order valence-electron chi connectivity index (χ2n) is 13.9.